The molecule has 9 aromatic heterocycles. The Morgan fingerprint density at radius 1 is 0.396 bits per heavy atom. The lowest BCUT2D eigenvalue weighted by Crippen LogP contribution is -2.35. The third-order valence-corrected chi connectivity index (χ3v) is 29.1. The molecule has 764 valence electrons. The van der Waals surface area contributed by atoms with Gasteiger partial charge in [-0.3, -0.25) is 59.2 Å². The number of anilines is 4. The van der Waals surface area contributed by atoms with E-state index in [-0.39, 0.29) is 47.1 Å². The van der Waals surface area contributed by atoms with Gasteiger partial charge >= 0.3 is 0 Å². The third-order valence-electron chi connectivity index (χ3n) is 27.2. The van der Waals surface area contributed by atoms with E-state index < -0.39 is 21.3 Å². The minimum absolute atomic E-state index is 0.000239. The van der Waals surface area contributed by atoms with E-state index in [0.717, 1.165) is 229 Å². The van der Waals surface area contributed by atoms with Crippen molar-refractivity contribution in [2.75, 3.05) is 147 Å². The van der Waals surface area contributed by atoms with Gasteiger partial charge in [0.2, 0.25) is 15.9 Å². The Bertz CT molecular complexity index is 7830. The van der Waals surface area contributed by atoms with Crippen molar-refractivity contribution in [3.63, 3.8) is 0 Å². The van der Waals surface area contributed by atoms with Crippen LogP contribution in [0, 0.1) is 6.92 Å². The second kappa shape index (κ2) is 45.5. The van der Waals surface area contributed by atoms with Crippen LogP contribution in [-0.4, -0.2) is 267 Å². The van der Waals surface area contributed by atoms with Gasteiger partial charge in [0.25, 0.3) is 17.7 Å². The topological polar surface area (TPSA) is 477 Å². The molecule has 9 aromatic carbocycles. The number of aromatic nitrogens is 17. The third kappa shape index (κ3) is 23.5. The molecule has 1 aliphatic carbocycles. The minimum Gasteiger partial charge on any atom is -0.496 e. The number of carbonyl (C=O) groups excluding carboxylic acids is 4. The van der Waals surface area contributed by atoms with Crippen LogP contribution in [0.15, 0.2) is 242 Å². The Hall–Kier alpha value is -16.2. The van der Waals surface area contributed by atoms with Crippen LogP contribution in [0.5, 0.6) is 17.2 Å². The number of morpholine rings is 4. The molecule has 6 fully saturated rings. The van der Waals surface area contributed by atoms with Gasteiger partial charge in [-0.2, -0.15) is 24.7 Å². The van der Waals surface area contributed by atoms with Crippen LogP contribution in [0.1, 0.15) is 101 Å². The Kier molecular flexibility index (Phi) is 30.2. The largest absolute Gasteiger partial charge is 0.496 e. The average molecular weight is 2030 g/mol. The average Bonchev–Trinajstić information content (AvgIpc) is 1.59. The zero-order chi connectivity index (χ0) is 102. The van der Waals surface area contributed by atoms with Gasteiger partial charge in [-0.25, -0.2) is 28.4 Å². The number of hydrogen-bond acceptors (Lipinski definition) is 25. The number of aryl methyl sites for hydroxylation is 1. The summed E-state index contributed by atoms with van der Waals surface area (Å²) in [5.41, 5.74) is 20.8. The molecule has 6 aliphatic rings. The van der Waals surface area contributed by atoms with Crippen molar-refractivity contribution in [2.24, 2.45) is 0 Å². The highest BCUT2D eigenvalue weighted by atomic mass is 32.2. The van der Waals surface area contributed by atoms with Crippen LogP contribution < -0.4 is 35.5 Å². The first-order chi connectivity index (χ1) is 73.0. The summed E-state index contributed by atoms with van der Waals surface area (Å²) in [6.07, 6.45) is 11.4. The molecule has 40 heteroatoms. The number of sulfonamides is 1. The number of amides is 4. The first-order valence-corrected chi connectivity index (χ1v) is 51.3. The van der Waals surface area contributed by atoms with Gasteiger partial charge in [0.05, 0.1) is 179 Å². The van der Waals surface area contributed by atoms with E-state index in [4.69, 9.17) is 48.1 Å². The Morgan fingerprint density at radius 3 is 1.20 bits per heavy atom. The van der Waals surface area contributed by atoms with E-state index in [1.165, 1.54) is 58.1 Å². The van der Waals surface area contributed by atoms with Crippen molar-refractivity contribution in [3.8, 4) is 63.3 Å². The fourth-order valence-corrected chi connectivity index (χ4v) is 20.5. The van der Waals surface area contributed by atoms with Gasteiger partial charge in [-0.15, -0.1) is 0 Å². The normalized spacial score (nSPS) is 15.7. The fourth-order valence-electron chi connectivity index (χ4n) is 18.9. The van der Waals surface area contributed by atoms with E-state index in [0.29, 0.717) is 98.7 Å². The Morgan fingerprint density at radius 2 is 0.779 bits per heavy atom. The summed E-state index contributed by atoms with van der Waals surface area (Å²) in [7, 11) is -2.27. The van der Waals surface area contributed by atoms with E-state index in [1.807, 2.05) is 134 Å². The number of rotatable bonds is 30. The predicted molar refractivity (Wildman–Crippen MR) is 563 cm³/mol. The van der Waals surface area contributed by atoms with Crippen molar-refractivity contribution >= 4 is 101 Å². The molecule has 0 unspecified atom stereocenters. The van der Waals surface area contributed by atoms with Crippen molar-refractivity contribution in [1.82, 2.24) is 110 Å². The molecule has 24 rings (SSSR count). The first-order valence-electron chi connectivity index (χ1n) is 49.9. The second-order valence-electron chi connectivity index (χ2n) is 37.4. The zero-order valence-corrected chi connectivity index (χ0v) is 83.2. The zero-order valence-electron chi connectivity index (χ0n) is 82.3. The van der Waals surface area contributed by atoms with Crippen LogP contribution in [0.25, 0.3) is 90.2 Å². The van der Waals surface area contributed by atoms with Crippen LogP contribution in [-0.2, 0) is 78.6 Å². The SMILES string of the molecule is COc1ccc(S(=O)(=O)N2CCCC2)cc1C(=O)Nc1cn[nH]c1-c1nc2ccc(CN3CCOCC3)cc2[nH]1.Cc1ccc(OCc2[nH]ccc2C(=O)Nc2cn[nH]c2-c2nc3ccc(CN4CCOCC4)cc3[nH]2)cc1.O=C(Nc1cn[nH]c1-c1nc2ccc(CN3CCOCC3)cc2[nH]1)C1(c2ccccc2)CC1.O=C(Nc1cn[nH]c1-c1nc2ccc(CN3CCOCC3)cc2[nH]1)c1ccccc1COc1ccccc1. The summed E-state index contributed by atoms with van der Waals surface area (Å²) in [5, 5.41) is 40.3. The number of imidazole rings is 4. The van der Waals surface area contributed by atoms with Gasteiger partial charge in [-0.1, -0.05) is 109 Å². The van der Waals surface area contributed by atoms with Gasteiger partial charge in [-0.05, 0) is 164 Å². The van der Waals surface area contributed by atoms with Crippen molar-refractivity contribution < 1.29 is 60.8 Å². The minimum atomic E-state index is -3.71. The number of aromatic amines is 9. The van der Waals surface area contributed by atoms with Gasteiger partial charge < -0.3 is 79.3 Å². The molecule has 5 saturated heterocycles. The number of nitrogens with zero attached hydrogens (tertiary/aromatic N) is 13. The van der Waals surface area contributed by atoms with Crippen LogP contribution >= 0.6 is 0 Å². The summed E-state index contributed by atoms with van der Waals surface area (Å²) in [6, 6.07) is 65.7. The van der Waals surface area contributed by atoms with Crippen molar-refractivity contribution in [1.29, 1.82) is 0 Å². The standard InChI is InChI=1S/C29H28N6O3.C28H29N7O3.C27H31N7O5S.C25H26N6O2/c36-29(23-9-5-4-6-21(23)19-38-22-7-2-1-3-8-22)33-26-17-30-34-27(26)28-31-24-11-10-20(16-25(24)32-28)18-35-12-14-37-15-13-35;1-18-2-5-20(6-3-18)38-17-25-21(8-9-29-25)28(36)33-24-15-30-34-26(24)27-31-22-7-4-19(14-23(22)32-27)16-35-10-12-37-13-11-35;1-38-24-7-5-19(40(36,37)34-8-2-3-9-34)15-20(24)27(35)31-23-16-28-32-25(23)26-29-21-6-4-18(14-22(21)30-26)17-33-10-12-39-13-11-33;32-24(25(8-9-25)18-4-2-1-3-5-18)29-21-15-26-30-22(21)23-27-19-7-6-17(14-20(19)28-23)16-31-10-12-33-13-11-31/h1-11,16-17H,12-15,18-19H2,(H,30,34)(H,31,32)(H,33,36);2-9,14-15,29H,10-13,16-17H2,1H3,(H,30,34)(H,31,32)(H,33,36);4-7,14-16H,2-3,8-13,17H2,1H3,(H,28,32)(H,29,30)(H,31,35);1-7,14-15H,8-13,16H2,(H,26,30)(H,27,28)(H,29,32). The van der Waals surface area contributed by atoms with E-state index in [9.17, 15) is 27.6 Å². The van der Waals surface area contributed by atoms with Crippen LogP contribution in [0.4, 0.5) is 22.7 Å². The summed E-state index contributed by atoms with van der Waals surface area (Å²) in [4.78, 5) is 98.1. The number of H-pyrrole nitrogens is 9. The van der Waals surface area contributed by atoms with Crippen molar-refractivity contribution in [3.05, 3.63) is 299 Å². The molecule has 39 nitrogen and oxygen atoms in total. The molecule has 13 N–H and O–H groups in total. The molecular formula is C109H114N26O13S. The Balaban J connectivity index is 0.000000116. The molecular weight excluding hydrogens is 1910 g/mol. The van der Waals surface area contributed by atoms with Gasteiger partial charge in [0.1, 0.15) is 53.2 Å². The smallest absolute Gasteiger partial charge is 0.259 e. The molecule has 18 aromatic rings. The lowest BCUT2D eigenvalue weighted by molar-refractivity contribution is -0.118. The van der Waals surface area contributed by atoms with Crippen molar-refractivity contribution in [2.45, 2.75) is 82.3 Å². The first kappa shape index (κ1) is 98.9. The molecule has 149 heavy (non-hydrogen) atoms. The lowest BCUT2D eigenvalue weighted by Gasteiger charge is -2.26. The fraction of sp³-hybridized carbons (Fsp3) is 0.284. The molecule has 1 saturated carbocycles. The molecule has 14 heterocycles. The number of fused-ring (bicyclic) bond motifs is 4. The van der Waals surface area contributed by atoms with Gasteiger partial charge in [0, 0.05) is 109 Å². The number of carbonyl (C=O) groups is 4. The van der Waals surface area contributed by atoms with E-state index in [1.54, 1.807) is 36.9 Å². The summed E-state index contributed by atoms with van der Waals surface area (Å²) < 4.78 is 66.6. The maximum Gasteiger partial charge on any atom is 0.259 e. The highest BCUT2D eigenvalue weighted by Gasteiger charge is 2.51. The molecule has 0 spiro atoms. The molecule has 0 radical (unpaired) electrons. The second-order valence-corrected chi connectivity index (χ2v) is 39.3. The number of nitrogens with one attached hydrogen (secondary N) is 13. The quantitative estimate of drug-likeness (QED) is 0.0199. The highest BCUT2D eigenvalue weighted by Crippen LogP contribution is 2.49. The van der Waals surface area contributed by atoms with Crippen LogP contribution in [0.3, 0.4) is 0 Å². The van der Waals surface area contributed by atoms with Gasteiger partial charge in [0.15, 0.2) is 23.3 Å². The number of benzene rings is 9. The lowest BCUT2D eigenvalue weighted by atomic mass is 9.95. The number of hydrogen-bond donors (Lipinski definition) is 13. The molecule has 0 atom stereocenters. The highest BCUT2D eigenvalue weighted by molar-refractivity contribution is 7.89. The summed E-state index contributed by atoms with van der Waals surface area (Å²) >= 11 is 0. The molecule has 5 aliphatic heterocycles. The predicted octanol–water partition coefficient (Wildman–Crippen LogP) is 15.2. The maximum absolute atomic E-state index is 13.4. The van der Waals surface area contributed by atoms with Crippen LogP contribution in [0.2, 0.25) is 0 Å². The number of ether oxygens (including phenoxy) is 7. The number of para-hydroxylation sites is 1. The summed E-state index contributed by atoms with van der Waals surface area (Å²) in [5.74, 6) is 3.11. The molecule has 4 amide bonds. The summed E-state index contributed by atoms with van der Waals surface area (Å²) in [6.45, 7) is 20.6. The number of methoxy groups -OCH3 is 1. The monoisotopic (exact) mass is 2030 g/mol. The van der Waals surface area contributed by atoms with E-state index in [2.05, 4.69) is 160 Å². The molecule has 0 bridgehead atoms. The maximum atomic E-state index is 13.4. The van der Waals surface area contributed by atoms with E-state index >= 15 is 0 Å². The Labute approximate surface area is 856 Å².